The predicted octanol–water partition coefficient (Wildman–Crippen LogP) is 3.00. The van der Waals surface area contributed by atoms with Crippen LogP contribution >= 0.6 is 0 Å². The van der Waals surface area contributed by atoms with Gasteiger partial charge in [0.05, 0.1) is 18.4 Å². The molecule has 5 nitrogen and oxygen atoms in total. The summed E-state index contributed by atoms with van der Waals surface area (Å²) < 4.78 is 19.1. The Kier molecular flexibility index (Phi) is 5.21. The number of amides is 1. The minimum absolute atomic E-state index is 0.0432. The van der Waals surface area contributed by atoms with Crippen LogP contribution in [-0.2, 0) is 0 Å². The molecule has 0 atom stereocenters. The number of carbonyl (C=O) groups excluding carboxylic acids is 2. The zero-order chi connectivity index (χ0) is 18.7. The van der Waals surface area contributed by atoms with Gasteiger partial charge in [0.1, 0.15) is 11.6 Å². The molecule has 0 aromatic heterocycles. The lowest BCUT2D eigenvalue weighted by atomic mass is 10.1. The molecule has 0 unspecified atom stereocenters. The zero-order valence-electron chi connectivity index (χ0n) is 14.9. The summed E-state index contributed by atoms with van der Waals surface area (Å²) in [5.41, 5.74) is 1.31. The highest BCUT2D eigenvalue weighted by Crippen LogP contribution is 2.25. The van der Waals surface area contributed by atoms with E-state index in [1.807, 2.05) is 4.90 Å². The number of rotatable bonds is 4. The van der Waals surface area contributed by atoms with Crippen LogP contribution in [0.15, 0.2) is 42.5 Å². The number of carbonyl (C=O) groups is 2. The molecule has 1 fully saturated rings. The Hall–Kier alpha value is -2.89. The van der Waals surface area contributed by atoms with Gasteiger partial charge in [-0.25, -0.2) is 4.39 Å². The topological polar surface area (TPSA) is 49.9 Å². The molecule has 0 saturated carbocycles. The third kappa shape index (κ3) is 3.54. The molecule has 1 aliphatic heterocycles. The number of hydrogen-bond donors (Lipinski definition) is 0. The molecular formula is C20H21FN2O3. The molecule has 0 radical (unpaired) electrons. The maximum Gasteiger partial charge on any atom is 0.253 e. The quantitative estimate of drug-likeness (QED) is 0.791. The molecule has 1 saturated heterocycles. The third-order valence-corrected chi connectivity index (χ3v) is 4.59. The second kappa shape index (κ2) is 7.56. The van der Waals surface area contributed by atoms with Gasteiger partial charge in [-0.15, -0.1) is 0 Å². The van der Waals surface area contributed by atoms with E-state index >= 15 is 0 Å². The van der Waals surface area contributed by atoms with Crippen molar-refractivity contribution in [3.63, 3.8) is 0 Å². The van der Waals surface area contributed by atoms with Crippen LogP contribution in [0.25, 0.3) is 0 Å². The molecule has 1 heterocycles. The van der Waals surface area contributed by atoms with Crippen molar-refractivity contribution < 1.29 is 18.7 Å². The first-order chi connectivity index (χ1) is 12.5. The summed E-state index contributed by atoms with van der Waals surface area (Å²) in [6.07, 6.45) is 0. The molecular weight excluding hydrogens is 335 g/mol. The van der Waals surface area contributed by atoms with Crippen molar-refractivity contribution in [2.75, 3.05) is 38.2 Å². The highest BCUT2D eigenvalue weighted by atomic mass is 19.1. The second-order valence-electron chi connectivity index (χ2n) is 6.20. The summed E-state index contributed by atoms with van der Waals surface area (Å²) in [5, 5.41) is 0. The van der Waals surface area contributed by atoms with E-state index in [1.165, 1.54) is 13.0 Å². The Morgan fingerprint density at radius 2 is 1.65 bits per heavy atom. The summed E-state index contributed by atoms with van der Waals surface area (Å²) in [5.74, 6) is -0.144. The number of methoxy groups -OCH3 is 1. The number of piperazine rings is 1. The van der Waals surface area contributed by atoms with Crippen LogP contribution in [0.2, 0.25) is 0 Å². The molecule has 1 amide bonds. The van der Waals surface area contributed by atoms with Gasteiger partial charge in [0.2, 0.25) is 0 Å². The van der Waals surface area contributed by atoms with E-state index in [0.717, 1.165) is 0 Å². The monoisotopic (exact) mass is 356 g/mol. The summed E-state index contributed by atoms with van der Waals surface area (Å²) in [7, 11) is 1.58. The normalized spacial score (nSPS) is 14.3. The highest BCUT2D eigenvalue weighted by Gasteiger charge is 2.25. The van der Waals surface area contributed by atoms with Crippen LogP contribution in [0.3, 0.4) is 0 Å². The number of ether oxygens (including phenoxy) is 1. The summed E-state index contributed by atoms with van der Waals surface area (Å²) >= 11 is 0. The van der Waals surface area contributed by atoms with Crippen LogP contribution < -0.4 is 9.64 Å². The van der Waals surface area contributed by atoms with E-state index in [9.17, 15) is 14.0 Å². The molecule has 0 spiro atoms. The van der Waals surface area contributed by atoms with E-state index in [-0.39, 0.29) is 17.3 Å². The molecule has 136 valence electrons. The SMILES string of the molecule is COc1ccc(C(=O)N2CCN(c3cccc(F)c3C(C)=O)CC2)cc1. The first kappa shape index (κ1) is 17.9. The van der Waals surface area contributed by atoms with Crippen LogP contribution in [-0.4, -0.2) is 49.9 Å². The number of benzene rings is 2. The molecule has 6 heteroatoms. The molecule has 26 heavy (non-hydrogen) atoms. The third-order valence-electron chi connectivity index (χ3n) is 4.59. The zero-order valence-corrected chi connectivity index (χ0v) is 14.9. The van der Waals surface area contributed by atoms with Crippen molar-refractivity contribution in [1.82, 2.24) is 4.90 Å². The lowest BCUT2D eigenvalue weighted by Gasteiger charge is -2.37. The maximum atomic E-state index is 14.0. The standard InChI is InChI=1S/C20H21FN2O3/c1-14(24)19-17(21)4-3-5-18(19)22-10-12-23(13-11-22)20(25)15-6-8-16(26-2)9-7-15/h3-9H,10-13H2,1-2H3. The Labute approximate surface area is 152 Å². The van der Waals surface area contributed by atoms with Gasteiger partial charge in [0.25, 0.3) is 5.91 Å². The van der Waals surface area contributed by atoms with Crippen molar-refractivity contribution in [3.05, 3.63) is 59.4 Å². The first-order valence-corrected chi connectivity index (χ1v) is 8.49. The van der Waals surface area contributed by atoms with E-state index in [4.69, 9.17) is 4.74 Å². The van der Waals surface area contributed by atoms with Crippen molar-refractivity contribution in [3.8, 4) is 5.75 Å². The van der Waals surface area contributed by atoms with Crippen LogP contribution in [0, 0.1) is 5.82 Å². The van der Waals surface area contributed by atoms with E-state index in [1.54, 1.807) is 48.4 Å². The van der Waals surface area contributed by atoms with Crippen LogP contribution in [0.1, 0.15) is 27.6 Å². The summed E-state index contributed by atoms with van der Waals surface area (Å²) in [6.45, 7) is 3.49. The fourth-order valence-corrected chi connectivity index (χ4v) is 3.19. The number of ketones is 1. The van der Waals surface area contributed by atoms with Gasteiger partial charge in [-0.2, -0.15) is 0 Å². The van der Waals surface area contributed by atoms with Crippen molar-refractivity contribution >= 4 is 17.4 Å². The Balaban J connectivity index is 1.70. The number of anilines is 1. The molecule has 2 aromatic carbocycles. The molecule has 0 N–H and O–H groups in total. The lowest BCUT2D eigenvalue weighted by molar-refractivity contribution is 0.0746. The maximum absolute atomic E-state index is 14.0. The van der Waals surface area contributed by atoms with Crippen LogP contribution in [0.4, 0.5) is 10.1 Å². The van der Waals surface area contributed by atoms with E-state index in [2.05, 4.69) is 0 Å². The number of nitrogens with zero attached hydrogens (tertiary/aromatic N) is 2. The minimum Gasteiger partial charge on any atom is -0.497 e. The van der Waals surface area contributed by atoms with Gasteiger partial charge in [0, 0.05) is 31.7 Å². The minimum atomic E-state index is -0.508. The van der Waals surface area contributed by atoms with Crippen molar-refractivity contribution in [2.45, 2.75) is 6.92 Å². The van der Waals surface area contributed by atoms with Gasteiger partial charge in [-0.05, 0) is 43.3 Å². The van der Waals surface area contributed by atoms with E-state index in [0.29, 0.717) is 43.2 Å². The molecule has 0 aliphatic carbocycles. The fourth-order valence-electron chi connectivity index (χ4n) is 3.19. The van der Waals surface area contributed by atoms with Crippen LogP contribution in [0.5, 0.6) is 5.75 Å². The molecule has 1 aliphatic rings. The molecule has 3 rings (SSSR count). The number of Topliss-reactive ketones (excluding diaryl/α,β-unsaturated/α-hetero) is 1. The molecule has 2 aromatic rings. The van der Waals surface area contributed by atoms with Gasteiger partial charge >= 0.3 is 0 Å². The Bertz CT molecular complexity index is 812. The Morgan fingerprint density at radius 1 is 1.00 bits per heavy atom. The second-order valence-corrected chi connectivity index (χ2v) is 6.20. The summed E-state index contributed by atoms with van der Waals surface area (Å²) in [4.78, 5) is 28.1. The number of hydrogen-bond acceptors (Lipinski definition) is 4. The van der Waals surface area contributed by atoms with E-state index < -0.39 is 5.82 Å². The van der Waals surface area contributed by atoms with Crippen molar-refractivity contribution in [1.29, 1.82) is 0 Å². The van der Waals surface area contributed by atoms with Gasteiger partial charge in [-0.1, -0.05) is 6.07 Å². The van der Waals surface area contributed by atoms with Gasteiger partial charge in [-0.3, -0.25) is 9.59 Å². The molecule has 0 bridgehead atoms. The van der Waals surface area contributed by atoms with Gasteiger partial charge in [0.15, 0.2) is 5.78 Å². The smallest absolute Gasteiger partial charge is 0.253 e. The average molecular weight is 356 g/mol. The van der Waals surface area contributed by atoms with Crippen molar-refractivity contribution in [2.24, 2.45) is 0 Å². The fraction of sp³-hybridized carbons (Fsp3) is 0.300. The van der Waals surface area contributed by atoms with Gasteiger partial charge < -0.3 is 14.5 Å². The predicted molar refractivity (Wildman–Crippen MR) is 97.5 cm³/mol. The first-order valence-electron chi connectivity index (χ1n) is 8.49. The largest absolute Gasteiger partial charge is 0.497 e. The lowest BCUT2D eigenvalue weighted by Crippen LogP contribution is -2.49. The summed E-state index contributed by atoms with van der Waals surface area (Å²) in [6, 6.07) is 11.7. The highest BCUT2D eigenvalue weighted by molar-refractivity contribution is 6.00. The number of halogens is 1. The average Bonchev–Trinajstić information content (AvgIpc) is 2.67. The Morgan fingerprint density at radius 3 is 2.23 bits per heavy atom.